The van der Waals surface area contributed by atoms with Crippen LogP contribution in [-0.2, 0) is 6.54 Å². The molecule has 110 valence electrons. The molecule has 20 heavy (non-hydrogen) atoms. The lowest BCUT2D eigenvalue weighted by molar-refractivity contribution is 0.155. The van der Waals surface area contributed by atoms with E-state index in [0.717, 1.165) is 16.9 Å². The van der Waals surface area contributed by atoms with E-state index in [-0.39, 0.29) is 13.2 Å². The van der Waals surface area contributed by atoms with E-state index in [4.69, 9.17) is 20.7 Å². The molecule has 0 fully saturated rings. The topological polar surface area (TPSA) is 79.0 Å². The fraction of sp³-hybridized carbons (Fsp3) is 0.467. The Labute approximate surface area is 120 Å². The van der Waals surface area contributed by atoms with Crippen LogP contribution in [-0.4, -0.2) is 55.1 Å². The number of aliphatic hydroxyl groups excluding tert-OH is 2. The number of methoxy groups -OCH3 is 1. The summed E-state index contributed by atoms with van der Waals surface area (Å²) in [5.41, 5.74) is 7.28. The molecule has 1 rings (SSSR count). The summed E-state index contributed by atoms with van der Waals surface area (Å²) in [5.74, 6) is 6.63. The Balaban J connectivity index is 2.98. The first kappa shape index (κ1) is 16.5. The molecule has 0 amide bonds. The highest BCUT2D eigenvalue weighted by Crippen LogP contribution is 2.18. The van der Waals surface area contributed by atoms with E-state index in [1.807, 2.05) is 23.1 Å². The predicted molar refractivity (Wildman–Crippen MR) is 78.4 cm³/mol. The van der Waals surface area contributed by atoms with Crippen LogP contribution in [0.5, 0.6) is 5.75 Å². The van der Waals surface area contributed by atoms with Gasteiger partial charge in [0.05, 0.1) is 26.9 Å². The molecule has 0 spiro atoms. The molecule has 0 bridgehead atoms. The maximum Gasteiger partial charge on any atom is 0.119 e. The van der Waals surface area contributed by atoms with Crippen molar-refractivity contribution in [3.63, 3.8) is 0 Å². The SMILES string of the molecule is COc1ccc(C#CCN)c(CN(CCO)CCO)c1. The Kier molecular flexibility index (Phi) is 7.70. The lowest BCUT2D eigenvalue weighted by Gasteiger charge is -2.21. The van der Waals surface area contributed by atoms with Crippen molar-refractivity contribution in [1.29, 1.82) is 0 Å². The smallest absolute Gasteiger partial charge is 0.119 e. The van der Waals surface area contributed by atoms with Crippen molar-refractivity contribution in [2.45, 2.75) is 6.54 Å². The molecular formula is C15H22N2O3. The Morgan fingerprint density at radius 3 is 2.50 bits per heavy atom. The molecule has 4 N–H and O–H groups in total. The highest BCUT2D eigenvalue weighted by molar-refractivity contribution is 5.45. The minimum atomic E-state index is 0.0494. The summed E-state index contributed by atoms with van der Waals surface area (Å²) in [5, 5.41) is 18.1. The number of nitrogens with zero attached hydrogens (tertiary/aromatic N) is 1. The zero-order valence-electron chi connectivity index (χ0n) is 11.8. The molecule has 0 heterocycles. The Hall–Kier alpha value is -1.58. The third kappa shape index (κ3) is 5.19. The second kappa shape index (κ2) is 9.34. The lowest BCUT2D eigenvalue weighted by atomic mass is 10.1. The summed E-state index contributed by atoms with van der Waals surface area (Å²) in [6.45, 7) is 2.00. The molecule has 1 aromatic rings. The highest BCUT2D eigenvalue weighted by Gasteiger charge is 2.09. The summed E-state index contributed by atoms with van der Waals surface area (Å²) < 4.78 is 5.23. The average Bonchev–Trinajstić information content (AvgIpc) is 2.46. The molecule has 0 saturated carbocycles. The van der Waals surface area contributed by atoms with Gasteiger partial charge in [0.15, 0.2) is 0 Å². The first-order valence-electron chi connectivity index (χ1n) is 6.55. The molecule has 0 aromatic heterocycles. The van der Waals surface area contributed by atoms with Crippen LogP contribution in [0, 0.1) is 11.8 Å². The number of rotatable bonds is 7. The number of aliphatic hydroxyl groups is 2. The fourth-order valence-corrected chi connectivity index (χ4v) is 1.89. The van der Waals surface area contributed by atoms with Gasteiger partial charge >= 0.3 is 0 Å². The number of hydrogen-bond acceptors (Lipinski definition) is 5. The lowest BCUT2D eigenvalue weighted by Crippen LogP contribution is -2.29. The van der Waals surface area contributed by atoms with E-state index in [1.54, 1.807) is 7.11 Å². The molecule has 5 heteroatoms. The highest BCUT2D eigenvalue weighted by atomic mass is 16.5. The monoisotopic (exact) mass is 278 g/mol. The summed E-state index contributed by atoms with van der Waals surface area (Å²) in [4.78, 5) is 1.96. The van der Waals surface area contributed by atoms with E-state index >= 15 is 0 Å². The number of ether oxygens (including phenoxy) is 1. The minimum absolute atomic E-state index is 0.0494. The van der Waals surface area contributed by atoms with Crippen molar-refractivity contribution < 1.29 is 14.9 Å². The van der Waals surface area contributed by atoms with Crippen molar-refractivity contribution in [2.75, 3.05) is 40.0 Å². The van der Waals surface area contributed by atoms with Gasteiger partial charge in [0.25, 0.3) is 0 Å². The van der Waals surface area contributed by atoms with Gasteiger partial charge in [-0.05, 0) is 23.8 Å². The van der Waals surface area contributed by atoms with E-state index in [0.29, 0.717) is 26.2 Å². The average molecular weight is 278 g/mol. The Morgan fingerprint density at radius 2 is 1.95 bits per heavy atom. The van der Waals surface area contributed by atoms with Gasteiger partial charge in [0.1, 0.15) is 5.75 Å². The van der Waals surface area contributed by atoms with Crippen LogP contribution in [0.3, 0.4) is 0 Å². The van der Waals surface area contributed by atoms with Crippen LogP contribution < -0.4 is 10.5 Å². The van der Waals surface area contributed by atoms with Crippen LogP contribution in [0.4, 0.5) is 0 Å². The van der Waals surface area contributed by atoms with Gasteiger partial charge in [0, 0.05) is 25.2 Å². The van der Waals surface area contributed by atoms with Gasteiger partial charge in [-0.2, -0.15) is 0 Å². The van der Waals surface area contributed by atoms with Gasteiger partial charge in [-0.25, -0.2) is 0 Å². The molecule has 1 aromatic carbocycles. The van der Waals surface area contributed by atoms with Gasteiger partial charge in [-0.15, -0.1) is 0 Å². The first-order chi connectivity index (χ1) is 9.74. The summed E-state index contributed by atoms with van der Waals surface area (Å²) in [6, 6.07) is 5.67. The molecule has 0 aliphatic heterocycles. The van der Waals surface area contributed by atoms with Gasteiger partial charge in [-0.1, -0.05) is 11.8 Å². The number of nitrogens with two attached hydrogens (primary N) is 1. The maximum atomic E-state index is 9.06. The largest absolute Gasteiger partial charge is 0.497 e. The van der Waals surface area contributed by atoms with Crippen LogP contribution in [0.2, 0.25) is 0 Å². The Morgan fingerprint density at radius 1 is 1.25 bits per heavy atom. The van der Waals surface area contributed by atoms with Crippen LogP contribution in [0.1, 0.15) is 11.1 Å². The molecule has 0 unspecified atom stereocenters. The van der Waals surface area contributed by atoms with Crippen molar-refractivity contribution >= 4 is 0 Å². The zero-order chi connectivity index (χ0) is 14.8. The summed E-state index contributed by atoms with van der Waals surface area (Å²) >= 11 is 0. The molecule has 0 saturated heterocycles. The molecular weight excluding hydrogens is 256 g/mol. The van der Waals surface area contributed by atoms with Crippen LogP contribution in [0.15, 0.2) is 18.2 Å². The quantitative estimate of drug-likeness (QED) is 0.602. The number of hydrogen-bond donors (Lipinski definition) is 3. The van der Waals surface area contributed by atoms with Crippen LogP contribution in [0.25, 0.3) is 0 Å². The van der Waals surface area contributed by atoms with Crippen molar-refractivity contribution in [3.8, 4) is 17.6 Å². The van der Waals surface area contributed by atoms with Crippen molar-refractivity contribution in [3.05, 3.63) is 29.3 Å². The second-order valence-electron chi connectivity index (χ2n) is 4.25. The summed E-state index contributed by atoms with van der Waals surface area (Å²) in [6.07, 6.45) is 0. The van der Waals surface area contributed by atoms with Crippen LogP contribution >= 0.6 is 0 Å². The van der Waals surface area contributed by atoms with E-state index in [9.17, 15) is 0 Å². The minimum Gasteiger partial charge on any atom is -0.497 e. The first-order valence-corrected chi connectivity index (χ1v) is 6.55. The predicted octanol–water partition coefficient (Wildman–Crippen LogP) is -0.208. The fourth-order valence-electron chi connectivity index (χ4n) is 1.89. The molecule has 0 atom stereocenters. The number of benzene rings is 1. The van der Waals surface area contributed by atoms with Crippen molar-refractivity contribution in [2.24, 2.45) is 5.73 Å². The summed E-state index contributed by atoms with van der Waals surface area (Å²) in [7, 11) is 1.61. The third-order valence-electron chi connectivity index (χ3n) is 2.86. The van der Waals surface area contributed by atoms with E-state index < -0.39 is 0 Å². The van der Waals surface area contributed by atoms with E-state index in [1.165, 1.54) is 0 Å². The normalized spacial score (nSPS) is 10.2. The molecule has 0 aliphatic rings. The van der Waals surface area contributed by atoms with E-state index in [2.05, 4.69) is 11.8 Å². The second-order valence-corrected chi connectivity index (χ2v) is 4.25. The maximum absolute atomic E-state index is 9.06. The molecule has 5 nitrogen and oxygen atoms in total. The van der Waals surface area contributed by atoms with Crippen molar-refractivity contribution in [1.82, 2.24) is 4.90 Å². The van der Waals surface area contributed by atoms with Gasteiger partial charge in [0.2, 0.25) is 0 Å². The van der Waals surface area contributed by atoms with Gasteiger partial charge in [-0.3, -0.25) is 4.90 Å². The molecule has 0 aliphatic carbocycles. The zero-order valence-corrected chi connectivity index (χ0v) is 11.8. The Bertz CT molecular complexity index is 460. The molecule has 0 radical (unpaired) electrons. The third-order valence-corrected chi connectivity index (χ3v) is 2.86. The van der Waals surface area contributed by atoms with Gasteiger partial charge < -0.3 is 20.7 Å². The standard InChI is InChI=1S/C15H22N2O3/c1-20-15-5-4-13(3-2-6-16)14(11-15)12-17(7-9-18)8-10-19/h4-5,11,18-19H,6-10,12,16H2,1H3.